The molecule has 0 saturated carbocycles. The van der Waals surface area contributed by atoms with Gasteiger partial charge >= 0.3 is 0 Å². The van der Waals surface area contributed by atoms with Gasteiger partial charge in [-0.3, -0.25) is 4.79 Å². The Morgan fingerprint density at radius 1 is 1.11 bits per heavy atom. The molecule has 0 spiro atoms. The molecule has 0 unspecified atom stereocenters. The van der Waals surface area contributed by atoms with Crippen LogP contribution >= 0.6 is 22.6 Å². The normalized spacial score (nSPS) is 10.2. The zero-order valence-corrected chi connectivity index (χ0v) is 13.0. The summed E-state index contributed by atoms with van der Waals surface area (Å²) in [5.74, 6) is 0.00373. The molecule has 19 heavy (non-hydrogen) atoms. The summed E-state index contributed by atoms with van der Waals surface area (Å²) in [6, 6.07) is 16.0. The third-order valence-electron chi connectivity index (χ3n) is 2.98. The van der Waals surface area contributed by atoms with E-state index in [0.29, 0.717) is 6.54 Å². The van der Waals surface area contributed by atoms with Crippen molar-refractivity contribution in [1.82, 2.24) is 5.32 Å². The van der Waals surface area contributed by atoms with E-state index < -0.39 is 0 Å². The Kier molecular flexibility index (Phi) is 4.96. The first-order valence-corrected chi connectivity index (χ1v) is 7.33. The molecule has 0 aliphatic carbocycles. The molecule has 98 valence electrons. The molecule has 1 amide bonds. The fraction of sp³-hybridized carbons (Fsp3) is 0.188. The van der Waals surface area contributed by atoms with Crippen LogP contribution in [0.3, 0.4) is 0 Å². The largest absolute Gasteiger partial charge is 0.352 e. The second-order valence-electron chi connectivity index (χ2n) is 4.43. The topological polar surface area (TPSA) is 29.1 Å². The first-order chi connectivity index (χ1) is 9.18. The summed E-state index contributed by atoms with van der Waals surface area (Å²) < 4.78 is 1.03. The zero-order valence-electron chi connectivity index (χ0n) is 10.8. The molecule has 3 heteroatoms. The van der Waals surface area contributed by atoms with Crippen LogP contribution in [0, 0.1) is 10.5 Å². The molecule has 0 heterocycles. The van der Waals surface area contributed by atoms with E-state index >= 15 is 0 Å². The number of amides is 1. The molecular weight excluding hydrogens is 349 g/mol. The maximum atomic E-state index is 12.1. The summed E-state index contributed by atoms with van der Waals surface area (Å²) in [4.78, 5) is 12.1. The van der Waals surface area contributed by atoms with Crippen molar-refractivity contribution in [3.63, 3.8) is 0 Å². The number of carbonyl (C=O) groups excluding carboxylic acids is 1. The van der Waals surface area contributed by atoms with E-state index in [9.17, 15) is 4.79 Å². The lowest BCUT2D eigenvalue weighted by atomic mass is 10.1. The van der Waals surface area contributed by atoms with Crippen molar-refractivity contribution < 1.29 is 4.79 Å². The van der Waals surface area contributed by atoms with E-state index in [-0.39, 0.29) is 5.91 Å². The molecule has 0 aromatic heterocycles. The summed E-state index contributed by atoms with van der Waals surface area (Å²) in [6.07, 6.45) is 0.856. The van der Waals surface area contributed by atoms with Crippen molar-refractivity contribution in [2.75, 3.05) is 6.54 Å². The minimum Gasteiger partial charge on any atom is -0.352 e. The van der Waals surface area contributed by atoms with Gasteiger partial charge in [0.15, 0.2) is 0 Å². The third-order valence-corrected chi connectivity index (χ3v) is 4.41. The van der Waals surface area contributed by atoms with Gasteiger partial charge in [0.1, 0.15) is 0 Å². The SMILES string of the molecule is Cc1cccc(C(=O)NCCc2ccccc2)c1I. The predicted octanol–water partition coefficient (Wildman–Crippen LogP) is 3.57. The molecule has 2 nitrogen and oxygen atoms in total. The number of carbonyl (C=O) groups is 1. The average Bonchev–Trinajstić information content (AvgIpc) is 2.43. The first kappa shape index (κ1) is 14.1. The highest BCUT2D eigenvalue weighted by Crippen LogP contribution is 2.16. The van der Waals surface area contributed by atoms with Gasteiger partial charge in [-0.25, -0.2) is 0 Å². The zero-order chi connectivity index (χ0) is 13.7. The van der Waals surface area contributed by atoms with E-state index in [1.807, 2.05) is 43.3 Å². The van der Waals surface area contributed by atoms with Crippen LogP contribution in [0.1, 0.15) is 21.5 Å². The summed E-state index contributed by atoms with van der Waals surface area (Å²) in [5, 5.41) is 2.97. The van der Waals surface area contributed by atoms with Gasteiger partial charge in [-0.1, -0.05) is 42.5 Å². The van der Waals surface area contributed by atoms with Crippen molar-refractivity contribution in [3.05, 3.63) is 68.8 Å². The van der Waals surface area contributed by atoms with Crippen LogP contribution in [-0.4, -0.2) is 12.5 Å². The summed E-state index contributed by atoms with van der Waals surface area (Å²) in [5.41, 5.74) is 3.13. The number of hydrogen-bond acceptors (Lipinski definition) is 1. The number of halogens is 1. The fourth-order valence-corrected chi connectivity index (χ4v) is 2.49. The molecular formula is C16H16INO. The monoisotopic (exact) mass is 365 g/mol. The smallest absolute Gasteiger partial charge is 0.252 e. The number of rotatable bonds is 4. The highest BCUT2D eigenvalue weighted by molar-refractivity contribution is 14.1. The van der Waals surface area contributed by atoms with E-state index in [0.717, 1.165) is 21.1 Å². The molecule has 0 saturated heterocycles. The second kappa shape index (κ2) is 6.70. The molecule has 0 aliphatic heterocycles. The molecule has 0 aliphatic rings. The van der Waals surface area contributed by atoms with E-state index in [1.54, 1.807) is 0 Å². The van der Waals surface area contributed by atoms with E-state index in [2.05, 4.69) is 40.0 Å². The Morgan fingerprint density at radius 3 is 2.58 bits per heavy atom. The van der Waals surface area contributed by atoms with Crippen LogP contribution in [0.4, 0.5) is 0 Å². The Bertz CT molecular complexity index is 566. The van der Waals surface area contributed by atoms with Gasteiger partial charge < -0.3 is 5.32 Å². The number of nitrogens with one attached hydrogen (secondary N) is 1. The lowest BCUT2D eigenvalue weighted by Gasteiger charge is -2.08. The lowest BCUT2D eigenvalue weighted by Crippen LogP contribution is -2.26. The van der Waals surface area contributed by atoms with Crippen LogP contribution in [0.2, 0.25) is 0 Å². The quantitative estimate of drug-likeness (QED) is 0.825. The standard InChI is InChI=1S/C16H16INO/c1-12-6-5-9-14(15(12)17)16(19)18-11-10-13-7-3-2-4-8-13/h2-9H,10-11H2,1H3,(H,18,19). The van der Waals surface area contributed by atoms with Gasteiger partial charge in [0.05, 0.1) is 5.56 Å². The molecule has 0 atom stereocenters. The minimum absolute atomic E-state index is 0.00373. The second-order valence-corrected chi connectivity index (χ2v) is 5.51. The van der Waals surface area contributed by atoms with Crippen molar-refractivity contribution in [3.8, 4) is 0 Å². The van der Waals surface area contributed by atoms with Gasteiger partial charge in [-0.15, -0.1) is 0 Å². The van der Waals surface area contributed by atoms with Gasteiger partial charge in [-0.2, -0.15) is 0 Å². The van der Waals surface area contributed by atoms with Gasteiger partial charge in [-0.05, 0) is 53.1 Å². The lowest BCUT2D eigenvalue weighted by molar-refractivity contribution is 0.0953. The Hall–Kier alpha value is -1.36. The molecule has 0 fully saturated rings. The van der Waals surface area contributed by atoms with Gasteiger partial charge in [0.2, 0.25) is 0 Å². The van der Waals surface area contributed by atoms with Crippen molar-refractivity contribution in [2.45, 2.75) is 13.3 Å². The highest BCUT2D eigenvalue weighted by Gasteiger charge is 2.10. The third kappa shape index (κ3) is 3.80. The highest BCUT2D eigenvalue weighted by atomic mass is 127. The summed E-state index contributed by atoms with van der Waals surface area (Å²) >= 11 is 2.22. The van der Waals surface area contributed by atoms with Crippen molar-refractivity contribution in [1.29, 1.82) is 0 Å². The molecule has 2 aromatic carbocycles. The molecule has 2 aromatic rings. The predicted molar refractivity (Wildman–Crippen MR) is 86.4 cm³/mol. The van der Waals surface area contributed by atoms with Crippen molar-refractivity contribution >= 4 is 28.5 Å². The average molecular weight is 365 g/mol. The van der Waals surface area contributed by atoms with Crippen LogP contribution < -0.4 is 5.32 Å². The van der Waals surface area contributed by atoms with Crippen LogP contribution in [0.25, 0.3) is 0 Å². The number of aryl methyl sites for hydroxylation is 1. The van der Waals surface area contributed by atoms with Gasteiger partial charge in [0, 0.05) is 10.1 Å². The minimum atomic E-state index is 0.00373. The first-order valence-electron chi connectivity index (χ1n) is 6.25. The number of benzene rings is 2. The molecule has 2 rings (SSSR count). The Balaban J connectivity index is 1.93. The van der Waals surface area contributed by atoms with Gasteiger partial charge in [0.25, 0.3) is 5.91 Å². The Morgan fingerprint density at radius 2 is 1.84 bits per heavy atom. The Labute approximate surface area is 127 Å². The van der Waals surface area contributed by atoms with E-state index in [4.69, 9.17) is 0 Å². The van der Waals surface area contributed by atoms with Crippen molar-refractivity contribution in [2.24, 2.45) is 0 Å². The number of hydrogen-bond donors (Lipinski definition) is 1. The van der Waals surface area contributed by atoms with Crippen LogP contribution in [-0.2, 0) is 6.42 Å². The summed E-state index contributed by atoms with van der Waals surface area (Å²) in [7, 11) is 0. The van der Waals surface area contributed by atoms with Crippen LogP contribution in [0.15, 0.2) is 48.5 Å². The molecule has 0 radical (unpaired) electrons. The molecule has 0 bridgehead atoms. The maximum absolute atomic E-state index is 12.1. The fourth-order valence-electron chi connectivity index (χ4n) is 1.88. The maximum Gasteiger partial charge on any atom is 0.252 e. The van der Waals surface area contributed by atoms with E-state index in [1.165, 1.54) is 5.56 Å². The van der Waals surface area contributed by atoms with Crippen LogP contribution in [0.5, 0.6) is 0 Å². The summed E-state index contributed by atoms with van der Waals surface area (Å²) in [6.45, 7) is 2.68. The molecule has 1 N–H and O–H groups in total.